The monoisotopic (exact) mass is 300 g/mol. The van der Waals surface area contributed by atoms with Crippen LogP contribution < -0.4 is 10.6 Å². The van der Waals surface area contributed by atoms with Crippen molar-refractivity contribution in [1.82, 2.24) is 10.6 Å². The van der Waals surface area contributed by atoms with Crippen molar-refractivity contribution in [2.24, 2.45) is 0 Å². The van der Waals surface area contributed by atoms with E-state index in [9.17, 15) is 9.18 Å². The normalized spacial score (nSPS) is 21.9. The first-order chi connectivity index (χ1) is 9.56. The fraction of sp³-hybridized carbons (Fsp3) is 0.500. The zero-order valence-electron chi connectivity index (χ0n) is 11.3. The zero-order chi connectivity index (χ0) is 14.6. The highest BCUT2D eigenvalue weighted by atomic mass is 35.5. The molecular formula is C14H18ClFN2O2. The molecule has 0 spiro atoms. The molecular weight excluding hydrogens is 283 g/mol. The smallest absolute Gasteiger partial charge is 0.252 e. The van der Waals surface area contributed by atoms with Gasteiger partial charge in [0.15, 0.2) is 0 Å². The molecule has 0 aliphatic carbocycles. The topological polar surface area (TPSA) is 50.4 Å². The minimum atomic E-state index is -0.458. The van der Waals surface area contributed by atoms with Crippen molar-refractivity contribution < 1.29 is 13.9 Å². The molecule has 4 nitrogen and oxygen atoms in total. The molecule has 1 atom stereocenters. The van der Waals surface area contributed by atoms with E-state index in [1.54, 1.807) is 7.11 Å². The number of halogens is 2. The Balaban J connectivity index is 2.00. The van der Waals surface area contributed by atoms with Crippen molar-refractivity contribution in [3.63, 3.8) is 0 Å². The highest BCUT2D eigenvalue weighted by Crippen LogP contribution is 2.20. The Morgan fingerprint density at radius 3 is 3.00 bits per heavy atom. The summed E-state index contributed by atoms with van der Waals surface area (Å²) in [7, 11) is 1.64. The van der Waals surface area contributed by atoms with E-state index in [-0.39, 0.29) is 22.0 Å². The van der Waals surface area contributed by atoms with Crippen LogP contribution in [0.5, 0.6) is 0 Å². The quantitative estimate of drug-likeness (QED) is 0.874. The minimum Gasteiger partial charge on any atom is -0.383 e. The highest BCUT2D eigenvalue weighted by Gasteiger charge is 2.33. The standard InChI is InChI=1S/C14H18ClFN2O2/c1-20-9-14(5-2-6-18-14)8-17-13(19)11-4-3-10(16)7-12(11)15/h3-4,7,18H,2,5-6,8-9H2,1H3,(H,17,19). The van der Waals surface area contributed by atoms with E-state index in [1.807, 2.05) is 0 Å². The number of benzene rings is 1. The molecule has 1 aromatic rings. The molecule has 1 aliphatic rings. The van der Waals surface area contributed by atoms with E-state index in [1.165, 1.54) is 12.1 Å². The predicted molar refractivity (Wildman–Crippen MR) is 75.6 cm³/mol. The molecule has 1 heterocycles. The molecule has 1 aromatic carbocycles. The fourth-order valence-electron chi connectivity index (χ4n) is 2.49. The molecule has 2 rings (SSSR count). The number of ether oxygens (including phenoxy) is 1. The number of methoxy groups -OCH3 is 1. The summed E-state index contributed by atoms with van der Waals surface area (Å²) in [4.78, 5) is 12.1. The van der Waals surface area contributed by atoms with E-state index >= 15 is 0 Å². The number of hydrogen-bond donors (Lipinski definition) is 2. The lowest BCUT2D eigenvalue weighted by Crippen LogP contribution is -2.53. The van der Waals surface area contributed by atoms with Crippen molar-refractivity contribution >= 4 is 17.5 Å². The second-order valence-electron chi connectivity index (χ2n) is 5.05. The van der Waals surface area contributed by atoms with E-state index in [4.69, 9.17) is 16.3 Å². The van der Waals surface area contributed by atoms with Crippen molar-refractivity contribution in [3.8, 4) is 0 Å². The first kappa shape index (κ1) is 15.2. The van der Waals surface area contributed by atoms with Crippen LogP contribution in [0, 0.1) is 5.82 Å². The lowest BCUT2D eigenvalue weighted by atomic mass is 9.98. The van der Waals surface area contributed by atoms with Crippen LogP contribution in [0.25, 0.3) is 0 Å². The van der Waals surface area contributed by atoms with Gasteiger partial charge < -0.3 is 15.4 Å². The van der Waals surface area contributed by atoms with E-state index < -0.39 is 5.82 Å². The highest BCUT2D eigenvalue weighted by molar-refractivity contribution is 6.33. The van der Waals surface area contributed by atoms with Gasteiger partial charge in [0.25, 0.3) is 5.91 Å². The third-order valence-electron chi connectivity index (χ3n) is 3.52. The Bertz CT molecular complexity index is 490. The van der Waals surface area contributed by atoms with Crippen LogP contribution in [0.3, 0.4) is 0 Å². The van der Waals surface area contributed by atoms with E-state index in [0.29, 0.717) is 13.2 Å². The number of nitrogens with one attached hydrogen (secondary N) is 2. The summed E-state index contributed by atoms with van der Waals surface area (Å²) >= 11 is 5.87. The fourth-order valence-corrected chi connectivity index (χ4v) is 2.74. The Morgan fingerprint density at radius 1 is 1.60 bits per heavy atom. The molecule has 20 heavy (non-hydrogen) atoms. The lowest BCUT2D eigenvalue weighted by Gasteiger charge is -2.29. The third kappa shape index (κ3) is 3.48. The second-order valence-corrected chi connectivity index (χ2v) is 5.46. The van der Waals surface area contributed by atoms with Gasteiger partial charge in [-0.15, -0.1) is 0 Å². The molecule has 1 unspecified atom stereocenters. The van der Waals surface area contributed by atoms with Crippen LogP contribution in [-0.4, -0.2) is 38.3 Å². The first-order valence-electron chi connectivity index (χ1n) is 6.53. The molecule has 1 aliphatic heterocycles. The number of carbonyl (C=O) groups is 1. The van der Waals surface area contributed by atoms with Crippen LogP contribution in [0.4, 0.5) is 4.39 Å². The number of hydrogen-bond acceptors (Lipinski definition) is 3. The Labute approximate surface area is 122 Å². The summed E-state index contributed by atoms with van der Waals surface area (Å²) in [5, 5.41) is 6.32. The maximum Gasteiger partial charge on any atom is 0.252 e. The Morgan fingerprint density at radius 2 is 2.40 bits per heavy atom. The van der Waals surface area contributed by atoms with Crippen LogP contribution in [0.2, 0.25) is 5.02 Å². The maximum atomic E-state index is 13.0. The van der Waals surface area contributed by atoms with Crippen LogP contribution in [0.1, 0.15) is 23.2 Å². The molecule has 1 amide bonds. The number of rotatable bonds is 5. The maximum absolute atomic E-state index is 13.0. The Hall–Kier alpha value is -1.17. The van der Waals surface area contributed by atoms with Gasteiger partial charge in [-0.3, -0.25) is 4.79 Å². The lowest BCUT2D eigenvalue weighted by molar-refractivity contribution is 0.0892. The van der Waals surface area contributed by atoms with Crippen molar-refractivity contribution in [2.75, 3.05) is 26.8 Å². The van der Waals surface area contributed by atoms with Gasteiger partial charge in [-0.05, 0) is 37.6 Å². The molecule has 0 radical (unpaired) electrons. The molecule has 2 N–H and O–H groups in total. The van der Waals surface area contributed by atoms with Crippen molar-refractivity contribution in [2.45, 2.75) is 18.4 Å². The summed E-state index contributed by atoms with van der Waals surface area (Å²) < 4.78 is 18.2. The first-order valence-corrected chi connectivity index (χ1v) is 6.91. The van der Waals surface area contributed by atoms with Gasteiger partial charge >= 0.3 is 0 Å². The van der Waals surface area contributed by atoms with Crippen LogP contribution >= 0.6 is 11.6 Å². The third-order valence-corrected chi connectivity index (χ3v) is 3.83. The summed E-state index contributed by atoms with van der Waals surface area (Å²) in [5.74, 6) is -0.765. The van der Waals surface area contributed by atoms with Crippen LogP contribution in [0.15, 0.2) is 18.2 Å². The molecule has 1 fully saturated rings. The van der Waals surface area contributed by atoms with Gasteiger partial charge in [0, 0.05) is 13.7 Å². The largest absolute Gasteiger partial charge is 0.383 e. The van der Waals surface area contributed by atoms with Crippen molar-refractivity contribution in [3.05, 3.63) is 34.6 Å². The average Bonchev–Trinajstić information content (AvgIpc) is 2.85. The van der Waals surface area contributed by atoms with Gasteiger partial charge in [0.2, 0.25) is 0 Å². The molecule has 1 saturated heterocycles. The van der Waals surface area contributed by atoms with Gasteiger partial charge in [0.05, 0.1) is 22.7 Å². The molecule has 0 bridgehead atoms. The minimum absolute atomic E-state index is 0.114. The van der Waals surface area contributed by atoms with Gasteiger partial charge in [-0.25, -0.2) is 4.39 Å². The van der Waals surface area contributed by atoms with Crippen LogP contribution in [-0.2, 0) is 4.74 Å². The number of amides is 1. The van der Waals surface area contributed by atoms with Crippen molar-refractivity contribution in [1.29, 1.82) is 0 Å². The summed E-state index contributed by atoms with van der Waals surface area (Å²) in [6.07, 6.45) is 1.99. The second kappa shape index (κ2) is 6.52. The SMILES string of the molecule is COCC1(CNC(=O)c2ccc(F)cc2Cl)CCCN1. The molecule has 6 heteroatoms. The molecule has 0 aromatic heterocycles. The van der Waals surface area contributed by atoms with E-state index in [2.05, 4.69) is 10.6 Å². The summed E-state index contributed by atoms with van der Waals surface area (Å²) in [5.41, 5.74) is 0.0512. The summed E-state index contributed by atoms with van der Waals surface area (Å²) in [6, 6.07) is 3.74. The van der Waals surface area contributed by atoms with Gasteiger partial charge in [-0.2, -0.15) is 0 Å². The van der Waals surface area contributed by atoms with Gasteiger partial charge in [-0.1, -0.05) is 11.6 Å². The zero-order valence-corrected chi connectivity index (χ0v) is 12.1. The number of carbonyl (C=O) groups excluding carboxylic acids is 1. The average molecular weight is 301 g/mol. The Kier molecular flexibility index (Phi) is 4.96. The van der Waals surface area contributed by atoms with Gasteiger partial charge in [0.1, 0.15) is 5.82 Å². The molecule has 110 valence electrons. The summed E-state index contributed by atoms with van der Waals surface area (Å²) in [6.45, 7) is 1.90. The predicted octanol–water partition coefficient (Wildman–Crippen LogP) is 1.98. The van der Waals surface area contributed by atoms with E-state index in [0.717, 1.165) is 25.5 Å². The molecule has 0 saturated carbocycles.